The molecule has 2 unspecified atom stereocenters. The third-order valence-corrected chi connectivity index (χ3v) is 5.44. The summed E-state index contributed by atoms with van der Waals surface area (Å²) in [5, 5.41) is 32.6. The van der Waals surface area contributed by atoms with Crippen molar-refractivity contribution >= 4 is 28.4 Å². The predicted octanol–water partition coefficient (Wildman–Crippen LogP) is 2.59. The molecule has 0 aliphatic carbocycles. The number of aliphatic hydroxyl groups excluding tert-OH is 2. The lowest BCUT2D eigenvalue weighted by atomic mass is 10.00. The predicted molar refractivity (Wildman–Crippen MR) is 114 cm³/mol. The molecule has 0 saturated carbocycles. The van der Waals surface area contributed by atoms with Crippen molar-refractivity contribution in [2.75, 3.05) is 24.6 Å². The first-order valence-electron chi connectivity index (χ1n) is 10.1. The van der Waals surface area contributed by atoms with E-state index in [0.717, 1.165) is 47.8 Å². The Labute approximate surface area is 171 Å². The highest BCUT2D eigenvalue weighted by Gasteiger charge is 2.26. The van der Waals surface area contributed by atoms with Gasteiger partial charge in [-0.1, -0.05) is 43.3 Å². The fraction of sp³-hybridized carbons (Fsp3) is 0.391. The highest BCUT2D eigenvalue weighted by Crippen LogP contribution is 2.37. The van der Waals surface area contributed by atoms with E-state index >= 15 is 0 Å². The van der Waals surface area contributed by atoms with Gasteiger partial charge in [-0.25, -0.2) is 0 Å². The van der Waals surface area contributed by atoms with Gasteiger partial charge in [-0.05, 0) is 36.3 Å². The van der Waals surface area contributed by atoms with Gasteiger partial charge in [-0.15, -0.1) is 0 Å². The summed E-state index contributed by atoms with van der Waals surface area (Å²) in [7, 11) is 0. The van der Waals surface area contributed by atoms with Crippen molar-refractivity contribution in [3.05, 3.63) is 47.5 Å². The van der Waals surface area contributed by atoms with Crippen molar-refractivity contribution in [1.29, 1.82) is 5.26 Å². The number of aliphatic hydroxyl groups is 2. The number of carbonyl (C=O) groups excluding carboxylic acids is 1. The molecule has 0 radical (unpaired) electrons. The van der Waals surface area contributed by atoms with Crippen molar-refractivity contribution < 1.29 is 15.0 Å². The zero-order chi connectivity index (χ0) is 20.8. The standard InChI is InChI=1S/C23H27N3O3/c1-2-19-7-5-11-26(19)22-17(10-9-16-6-3-4-8-21(16)22)12-18(13-24)23(29)25-14-20(28)15-27/h3-4,6,8-10,12,19-20,27-28H,2,5,7,11,14-15H2,1H3,(H,25,29)/b18-12+. The first kappa shape index (κ1) is 20.8. The van der Waals surface area contributed by atoms with E-state index in [1.165, 1.54) is 0 Å². The van der Waals surface area contributed by atoms with Gasteiger partial charge in [-0.2, -0.15) is 5.26 Å². The second-order valence-electron chi connectivity index (χ2n) is 7.34. The molecule has 2 aromatic rings. The summed E-state index contributed by atoms with van der Waals surface area (Å²) in [6, 6.07) is 14.5. The average molecular weight is 393 g/mol. The highest BCUT2D eigenvalue weighted by atomic mass is 16.3. The molecular weight excluding hydrogens is 366 g/mol. The summed E-state index contributed by atoms with van der Waals surface area (Å²) >= 11 is 0. The molecule has 2 aromatic carbocycles. The normalized spacial score (nSPS) is 17.9. The van der Waals surface area contributed by atoms with Gasteiger partial charge in [-0.3, -0.25) is 4.79 Å². The Kier molecular flexibility index (Phi) is 6.86. The van der Waals surface area contributed by atoms with Crippen LogP contribution in [0.4, 0.5) is 5.69 Å². The zero-order valence-corrected chi connectivity index (χ0v) is 16.6. The molecule has 1 amide bonds. The maximum absolute atomic E-state index is 12.4. The van der Waals surface area contributed by atoms with Crippen LogP contribution in [0.3, 0.4) is 0 Å². The third-order valence-electron chi connectivity index (χ3n) is 5.44. The summed E-state index contributed by atoms with van der Waals surface area (Å²) in [5.41, 5.74) is 1.86. The Morgan fingerprint density at radius 1 is 1.38 bits per heavy atom. The summed E-state index contributed by atoms with van der Waals surface area (Å²) in [4.78, 5) is 14.8. The molecule has 6 heteroatoms. The van der Waals surface area contributed by atoms with E-state index in [1.807, 2.05) is 30.3 Å². The van der Waals surface area contributed by atoms with Crippen LogP contribution in [-0.4, -0.2) is 48.0 Å². The van der Waals surface area contributed by atoms with Crippen LogP contribution in [0.5, 0.6) is 0 Å². The molecule has 1 heterocycles. The number of carbonyl (C=O) groups is 1. The molecule has 1 saturated heterocycles. The molecule has 1 aliphatic heterocycles. The van der Waals surface area contributed by atoms with Crippen LogP contribution in [-0.2, 0) is 4.79 Å². The van der Waals surface area contributed by atoms with Crippen LogP contribution in [0.15, 0.2) is 42.0 Å². The lowest BCUT2D eigenvalue weighted by Gasteiger charge is -2.29. The van der Waals surface area contributed by atoms with Gasteiger partial charge in [0.2, 0.25) is 0 Å². The second-order valence-corrected chi connectivity index (χ2v) is 7.34. The van der Waals surface area contributed by atoms with E-state index in [1.54, 1.807) is 6.08 Å². The minimum absolute atomic E-state index is 0.0288. The number of nitrogens with one attached hydrogen (secondary N) is 1. The van der Waals surface area contributed by atoms with E-state index < -0.39 is 18.6 Å². The molecule has 29 heavy (non-hydrogen) atoms. The Hall–Kier alpha value is -2.88. The quantitative estimate of drug-likeness (QED) is 0.496. The van der Waals surface area contributed by atoms with E-state index in [4.69, 9.17) is 5.11 Å². The van der Waals surface area contributed by atoms with Crippen molar-refractivity contribution in [2.24, 2.45) is 0 Å². The molecule has 2 atom stereocenters. The van der Waals surface area contributed by atoms with Crippen LogP contribution < -0.4 is 10.2 Å². The number of nitriles is 1. The Morgan fingerprint density at radius 3 is 2.90 bits per heavy atom. The van der Waals surface area contributed by atoms with Crippen LogP contribution >= 0.6 is 0 Å². The molecule has 3 N–H and O–H groups in total. The number of hydrogen-bond acceptors (Lipinski definition) is 5. The summed E-state index contributed by atoms with van der Waals surface area (Å²) < 4.78 is 0. The molecule has 152 valence electrons. The maximum atomic E-state index is 12.4. The monoisotopic (exact) mass is 393 g/mol. The maximum Gasteiger partial charge on any atom is 0.262 e. The van der Waals surface area contributed by atoms with Crippen LogP contribution in [0.1, 0.15) is 31.7 Å². The van der Waals surface area contributed by atoms with Gasteiger partial charge in [0.1, 0.15) is 11.6 Å². The number of amides is 1. The molecule has 1 aliphatic rings. The van der Waals surface area contributed by atoms with Gasteiger partial charge in [0.15, 0.2) is 0 Å². The van der Waals surface area contributed by atoms with Crippen molar-refractivity contribution in [2.45, 2.75) is 38.3 Å². The molecular formula is C23H27N3O3. The smallest absolute Gasteiger partial charge is 0.262 e. The van der Waals surface area contributed by atoms with Gasteiger partial charge >= 0.3 is 0 Å². The zero-order valence-electron chi connectivity index (χ0n) is 16.6. The van der Waals surface area contributed by atoms with E-state index in [9.17, 15) is 15.2 Å². The Morgan fingerprint density at radius 2 is 2.17 bits per heavy atom. The fourth-order valence-corrected chi connectivity index (χ4v) is 3.94. The van der Waals surface area contributed by atoms with Crippen LogP contribution in [0, 0.1) is 11.3 Å². The minimum Gasteiger partial charge on any atom is -0.394 e. The number of hydrogen-bond donors (Lipinski definition) is 3. The van der Waals surface area contributed by atoms with E-state index in [-0.39, 0.29) is 12.1 Å². The number of benzene rings is 2. The number of fused-ring (bicyclic) bond motifs is 1. The average Bonchev–Trinajstić information content (AvgIpc) is 3.23. The summed E-state index contributed by atoms with van der Waals surface area (Å²) in [6.07, 6.45) is 3.86. The molecule has 0 spiro atoms. The second kappa shape index (κ2) is 9.55. The lowest BCUT2D eigenvalue weighted by molar-refractivity contribution is -0.117. The van der Waals surface area contributed by atoms with Gasteiger partial charge in [0.25, 0.3) is 5.91 Å². The number of rotatable bonds is 7. The molecule has 6 nitrogen and oxygen atoms in total. The summed E-state index contributed by atoms with van der Waals surface area (Å²) in [6.45, 7) is 2.57. The first-order valence-corrected chi connectivity index (χ1v) is 10.1. The van der Waals surface area contributed by atoms with Crippen LogP contribution in [0.25, 0.3) is 16.8 Å². The molecule has 1 fully saturated rings. The fourth-order valence-electron chi connectivity index (χ4n) is 3.94. The molecule has 3 rings (SSSR count). The van der Waals surface area contributed by atoms with Gasteiger partial charge < -0.3 is 20.4 Å². The largest absolute Gasteiger partial charge is 0.394 e. The van der Waals surface area contributed by atoms with Crippen molar-refractivity contribution in [3.63, 3.8) is 0 Å². The minimum atomic E-state index is -1.05. The Bertz CT molecular complexity index is 948. The number of nitrogens with zero attached hydrogens (tertiary/aromatic N) is 2. The van der Waals surface area contributed by atoms with E-state index in [0.29, 0.717) is 6.04 Å². The topological polar surface area (TPSA) is 96.6 Å². The number of anilines is 1. The lowest BCUT2D eigenvalue weighted by Crippen LogP contribution is -2.34. The van der Waals surface area contributed by atoms with E-state index in [2.05, 4.69) is 29.3 Å². The van der Waals surface area contributed by atoms with Crippen molar-refractivity contribution in [1.82, 2.24) is 5.32 Å². The SMILES string of the molecule is CCC1CCCN1c1c(/C=C(\C#N)C(=O)NCC(O)CO)ccc2ccccc12. The highest BCUT2D eigenvalue weighted by molar-refractivity contribution is 6.05. The summed E-state index contributed by atoms with van der Waals surface area (Å²) in [5.74, 6) is -0.562. The van der Waals surface area contributed by atoms with Crippen LogP contribution in [0.2, 0.25) is 0 Å². The van der Waals surface area contributed by atoms with Gasteiger partial charge in [0, 0.05) is 24.5 Å². The molecule has 0 aromatic heterocycles. The van der Waals surface area contributed by atoms with Crippen molar-refractivity contribution in [3.8, 4) is 6.07 Å². The van der Waals surface area contributed by atoms with Gasteiger partial charge in [0.05, 0.1) is 18.4 Å². The third kappa shape index (κ3) is 4.58. The molecule has 0 bridgehead atoms. The Balaban J connectivity index is 2.04. The first-order chi connectivity index (χ1) is 14.1.